The Labute approximate surface area is 131 Å². The van der Waals surface area contributed by atoms with Crippen LogP contribution in [0.1, 0.15) is 44.1 Å². The van der Waals surface area contributed by atoms with Crippen molar-refractivity contribution >= 4 is 5.78 Å². The topological polar surface area (TPSA) is 59.3 Å². The minimum Gasteiger partial charge on any atom is -0.348 e. The van der Waals surface area contributed by atoms with E-state index in [0.717, 1.165) is 0 Å². The lowest BCUT2D eigenvalue weighted by Gasteiger charge is -2.39. The molecule has 0 saturated carbocycles. The third kappa shape index (κ3) is 3.27. The summed E-state index contributed by atoms with van der Waals surface area (Å²) in [5, 5.41) is 9.21. The first-order chi connectivity index (χ1) is 10.5. The summed E-state index contributed by atoms with van der Waals surface area (Å²) in [6.07, 6.45) is 1.75. The van der Waals surface area contributed by atoms with Crippen molar-refractivity contribution in [2.24, 2.45) is 5.41 Å². The molecule has 0 bridgehead atoms. The molecule has 0 spiro atoms. The lowest BCUT2D eigenvalue weighted by atomic mass is 9.79. The van der Waals surface area contributed by atoms with E-state index in [-0.39, 0.29) is 11.9 Å². The normalized spacial score (nSPS) is 21.9. The van der Waals surface area contributed by atoms with Crippen molar-refractivity contribution in [3.05, 3.63) is 48.0 Å². The molecule has 4 heteroatoms. The van der Waals surface area contributed by atoms with Crippen molar-refractivity contribution < 1.29 is 14.3 Å². The number of allylic oxidation sites excluding steroid dienone is 1. The third-order valence-electron chi connectivity index (χ3n) is 4.13. The standard InChI is InChI=1S/C18H21NO3/c1-4-7-15(20)18(2,3)16-10-11-21-17(22-16)14-9-6-5-8-13(14)12-19/h4-6,8-9,16-17H,1,7,10-11H2,2-3H3/t16-,17?/m0/s1. The first-order valence-electron chi connectivity index (χ1n) is 7.41. The lowest BCUT2D eigenvalue weighted by Crippen LogP contribution is -2.43. The first-order valence-corrected chi connectivity index (χ1v) is 7.41. The van der Waals surface area contributed by atoms with Crippen molar-refractivity contribution in [2.75, 3.05) is 6.61 Å². The number of hydrogen-bond donors (Lipinski definition) is 0. The van der Waals surface area contributed by atoms with Crippen LogP contribution in [-0.2, 0) is 14.3 Å². The first kappa shape index (κ1) is 16.4. The zero-order chi connectivity index (χ0) is 16.2. The quantitative estimate of drug-likeness (QED) is 0.780. The van der Waals surface area contributed by atoms with Gasteiger partial charge in [0.05, 0.1) is 29.8 Å². The summed E-state index contributed by atoms with van der Waals surface area (Å²) in [6, 6.07) is 9.36. The van der Waals surface area contributed by atoms with Crippen LogP contribution in [0.5, 0.6) is 0 Å². The van der Waals surface area contributed by atoms with Gasteiger partial charge >= 0.3 is 0 Å². The monoisotopic (exact) mass is 299 g/mol. The number of nitriles is 1. The predicted octanol–water partition coefficient (Wildman–Crippen LogP) is 3.53. The van der Waals surface area contributed by atoms with E-state index in [0.29, 0.717) is 30.6 Å². The zero-order valence-corrected chi connectivity index (χ0v) is 13.0. The van der Waals surface area contributed by atoms with Gasteiger partial charge < -0.3 is 9.47 Å². The van der Waals surface area contributed by atoms with Gasteiger partial charge in [-0.1, -0.05) is 38.1 Å². The summed E-state index contributed by atoms with van der Waals surface area (Å²) in [7, 11) is 0. The molecule has 4 nitrogen and oxygen atoms in total. The van der Waals surface area contributed by atoms with Gasteiger partial charge in [0, 0.05) is 12.0 Å². The van der Waals surface area contributed by atoms with Crippen LogP contribution in [-0.4, -0.2) is 18.5 Å². The molecule has 1 heterocycles. The highest BCUT2D eigenvalue weighted by Crippen LogP contribution is 2.37. The molecule has 1 fully saturated rings. The summed E-state index contributed by atoms with van der Waals surface area (Å²) in [6.45, 7) is 7.90. The highest BCUT2D eigenvalue weighted by molar-refractivity contribution is 5.85. The Morgan fingerprint density at radius 1 is 1.50 bits per heavy atom. The summed E-state index contributed by atoms with van der Waals surface area (Å²) < 4.78 is 11.7. The van der Waals surface area contributed by atoms with E-state index >= 15 is 0 Å². The molecule has 1 saturated heterocycles. The van der Waals surface area contributed by atoms with Crippen LogP contribution in [0.25, 0.3) is 0 Å². The number of carbonyl (C=O) groups is 1. The third-order valence-corrected chi connectivity index (χ3v) is 4.13. The molecule has 2 rings (SSSR count). The van der Waals surface area contributed by atoms with Crippen molar-refractivity contribution in [1.82, 2.24) is 0 Å². The SMILES string of the molecule is C=CCC(=O)C(C)(C)[C@@H]1CCOC(c2ccccc2C#N)O1. The average Bonchev–Trinajstić information content (AvgIpc) is 2.55. The second-order valence-electron chi connectivity index (χ2n) is 5.95. The number of benzene rings is 1. The Morgan fingerprint density at radius 3 is 2.91 bits per heavy atom. The molecule has 2 atom stereocenters. The Bertz CT molecular complexity index is 601. The van der Waals surface area contributed by atoms with E-state index in [4.69, 9.17) is 9.47 Å². The largest absolute Gasteiger partial charge is 0.348 e. The van der Waals surface area contributed by atoms with Gasteiger partial charge in [-0.15, -0.1) is 6.58 Å². The maximum atomic E-state index is 12.3. The van der Waals surface area contributed by atoms with Crippen LogP contribution >= 0.6 is 0 Å². The highest BCUT2D eigenvalue weighted by Gasteiger charge is 2.40. The summed E-state index contributed by atoms with van der Waals surface area (Å²) in [5.41, 5.74) is 0.627. The van der Waals surface area contributed by atoms with Gasteiger partial charge in [-0.3, -0.25) is 4.79 Å². The molecule has 1 aliphatic rings. The van der Waals surface area contributed by atoms with Gasteiger partial charge in [-0.2, -0.15) is 5.26 Å². The van der Waals surface area contributed by atoms with Crippen LogP contribution < -0.4 is 0 Å². The maximum Gasteiger partial charge on any atom is 0.185 e. The molecule has 116 valence electrons. The molecule has 0 aliphatic carbocycles. The molecular weight excluding hydrogens is 278 g/mol. The van der Waals surface area contributed by atoms with Crippen LogP contribution in [0.4, 0.5) is 0 Å². The summed E-state index contributed by atoms with van der Waals surface area (Å²) >= 11 is 0. The number of ketones is 1. The molecule has 0 amide bonds. The van der Waals surface area contributed by atoms with Gasteiger partial charge in [0.1, 0.15) is 5.78 Å². The number of nitrogens with zero attached hydrogens (tertiary/aromatic N) is 1. The highest BCUT2D eigenvalue weighted by atomic mass is 16.7. The summed E-state index contributed by atoms with van der Waals surface area (Å²) in [5.74, 6) is 0.0988. The van der Waals surface area contributed by atoms with Gasteiger partial charge in [-0.05, 0) is 12.5 Å². The fourth-order valence-electron chi connectivity index (χ4n) is 2.61. The molecule has 1 aromatic carbocycles. The Kier molecular flexibility index (Phi) is 5.12. The molecule has 1 aliphatic heterocycles. The molecule has 22 heavy (non-hydrogen) atoms. The van der Waals surface area contributed by atoms with Gasteiger partial charge in [0.25, 0.3) is 0 Å². The zero-order valence-electron chi connectivity index (χ0n) is 13.0. The molecule has 0 aromatic heterocycles. The van der Waals surface area contributed by atoms with E-state index < -0.39 is 11.7 Å². The molecule has 1 unspecified atom stereocenters. The Hall–Kier alpha value is -1.96. The van der Waals surface area contributed by atoms with Gasteiger partial charge in [-0.25, -0.2) is 0 Å². The number of Topliss-reactive ketones (excluding diaryl/α,β-unsaturated/α-hetero) is 1. The number of rotatable bonds is 5. The second-order valence-corrected chi connectivity index (χ2v) is 5.95. The lowest BCUT2D eigenvalue weighted by molar-refractivity contribution is -0.238. The van der Waals surface area contributed by atoms with Crippen LogP contribution in [0.2, 0.25) is 0 Å². The second kappa shape index (κ2) is 6.87. The number of hydrogen-bond acceptors (Lipinski definition) is 4. The molecule has 0 radical (unpaired) electrons. The Balaban J connectivity index is 2.20. The molecule has 1 aromatic rings. The van der Waals surface area contributed by atoms with Crippen LogP contribution in [0.3, 0.4) is 0 Å². The van der Waals surface area contributed by atoms with E-state index in [1.165, 1.54) is 0 Å². The van der Waals surface area contributed by atoms with Crippen molar-refractivity contribution in [3.8, 4) is 6.07 Å². The van der Waals surface area contributed by atoms with Crippen LogP contribution in [0.15, 0.2) is 36.9 Å². The van der Waals surface area contributed by atoms with Crippen molar-refractivity contribution in [3.63, 3.8) is 0 Å². The Morgan fingerprint density at radius 2 is 2.23 bits per heavy atom. The fraction of sp³-hybridized carbons (Fsp3) is 0.444. The summed E-state index contributed by atoms with van der Waals surface area (Å²) in [4.78, 5) is 12.3. The smallest absolute Gasteiger partial charge is 0.185 e. The minimum absolute atomic E-state index is 0.0988. The average molecular weight is 299 g/mol. The van der Waals surface area contributed by atoms with Crippen LogP contribution in [0, 0.1) is 16.7 Å². The van der Waals surface area contributed by atoms with Gasteiger partial charge in [0.2, 0.25) is 0 Å². The van der Waals surface area contributed by atoms with E-state index in [1.54, 1.807) is 18.2 Å². The molecular formula is C18H21NO3. The number of ether oxygens (including phenoxy) is 2. The fourth-order valence-corrected chi connectivity index (χ4v) is 2.61. The van der Waals surface area contributed by atoms with Crippen molar-refractivity contribution in [2.45, 2.75) is 39.1 Å². The van der Waals surface area contributed by atoms with E-state index in [9.17, 15) is 10.1 Å². The maximum absolute atomic E-state index is 12.3. The molecule has 0 N–H and O–H groups in total. The number of carbonyl (C=O) groups excluding carboxylic acids is 1. The van der Waals surface area contributed by atoms with E-state index in [1.807, 2.05) is 26.0 Å². The minimum atomic E-state index is -0.613. The van der Waals surface area contributed by atoms with Crippen molar-refractivity contribution in [1.29, 1.82) is 5.26 Å². The predicted molar refractivity (Wildman–Crippen MR) is 82.9 cm³/mol. The van der Waals surface area contributed by atoms with E-state index in [2.05, 4.69) is 12.6 Å². The van der Waals surface area contributed by atoms with Gasteiger partial charge in [0.15, 0.2) is 6.29 Å².